The van der Waals surface area contributed by atoms with Crippen molar-refractivity contribution in [3.05, 3.63) is 43.8 Å². The van der Waals surface area contributed by atoms with Crippen molar-refractivity contribution in [1.82, 2.24) is 9.80 Å². The van der Waals surface area contributed by atoms with Gasteiger partial charge in [0, 0.05) is 58.5 Å². The highest BCUT2D eigenvalue weighted by molar-refractivity contribution is 7.10. The number of amides is 2. The van der Waals surface area contributed by atoms with Gasteiger partial charge in [-0.1, -0.05) is 0 Å². The van der Waals surface area contributed by atoms with Crippen LogP contribution < -0.4 is 0 Å². The fourth-order valence-electron chi connectivity index (χ4n) is 4.97. The summed E-state index contributed by atoms with van der Waals surface area (Å²) < 4.78 is 15.9. The highest BCUT2D eigenvalue weighted by Gasteiger charge is 2.30. The Morgan fingerprint density at radius 1 is 0.795 bits per heavy atom. The molecule has 10 nitrogen and oxygen atoms in total. The molecule has 4 heterocycles. The van der Waals surface area contributed by atoms with Gasteiger partial charge in [0.25, 0.3) is 0 Å². The molecule has 0 bridgehead atoms. The minimum Gasteiger partial charge on any atom is -0.478 e. The second-order valence-corrected chi connectivity index (χ2v) is 14.9. The number of carboxylic acid groups (broad SMARTS) is 1. The molecule has 4 rings (SSSR count). The van der Waals surface area contributed by atoms with Crippen molar-refractivity contribution in [2.45, 2.75) is 97.2 Å². The van der Waals surface area contributed by atoms with E-state index in [0.717, 1.165) is 42.0 Å². The van der Waals surface area contributed by atoms with Gasteiger partial charge >= 0.3 is 24.1 Å². The molecule has 0 saturated carbocycles. The predicted octanol–water partition coefficient (Wildman–Crippen LogP) is 7.60. The molecule has 0 spiro atoms. The Kier molecular flexibility index (Phi) is 12.3. The SMILES string of the molecule is CC(C)(C)OC(=O)N1CCCC(c2cc(C(=O)O)cs2)C1.CCOC(=O)c1csc(C2CCCN(C(=O)OC(C)(C)C)C2)c1. The number of nitrogens with zero attached hydrogens (tertiary/aromatic N) is 2. The number of carbonyl (C=O) groups excluding carboxylic acids is 3. The van der Waals surface area contributed by atoms with Gasteiger partial charge < -0.3 is 29.1 Å². The Labute approximate surface area is 268 Å². The van der Waals surface area contributed by atoms with Crippen molar-refractivity contribution in [3.8, 4) is 0 Å². The molecule has 1 N–H and O–H groups in total. The maximum absolute atomic E-state index is 12.2. The summed E-state index contributed by atoms with van der Waals surface area (Å²) in [7, 11) is 0. The average molecular weight is 651 g/mol. The van der Waals surface area contributed by atoms with Crippen LogP contribution in [-0.4, -0.2) is 83.0 Å². The van der Waals surface area contributed by atoms with Gasteiger partial charge in [0.05, 0.1) is 17.7 Å². The number of aromatic carboxylic acids is 1. The first-order valence-corrected chi connectivity index (χ1v) is 16.8. The number of carboxylic acids is 1. The molecule has 0 aliphatic carbocycles. The molecule has 0 aromatic carbocycles. The minimum atomic E-state index is -0.905. The molecular weight excluding hydrogens is 604 g/mol. The summed E-state index contributed by atoms with van der Waals surface area (Å²) in [4.78, 5) is 52.7. The number of hydrogen-bond donors (Lipinski definition) is 1. The van der Waals surface area contributed by atoms with E-state index in [0.29, 0.717) is 37.4 Å². The normalized spacial score (nSPS) is 19.0. The zero-order valence-corrected chi connectivity index (χ0v) is 28.5. The number of hydrogen-bond acceptors (Lipinski definition) is 9. The zero-order chi connectivity index (χ0) is 32.7. The summed E-state index contributed by atoms with van der Waals surface area (Å²) in [6, 6.07) is 3.61. The lowest BCUT2D eigenvalue weighted by Crippen LogP contribution is -2.42. The summed E-state index contributed by atoms with van der Waals surface area (Å²) in [6.07, 6.45) is 3.29. The molecule has 2 aromatic heterocycles. The number of thiophene rings is 2. The molecule has 2 unspecified atom stereocenters. The van der Waals surface area contributed by atoms with Crippen molar-refractivity contribution in [3.63, 3.8) is 0 Å². The van der Waals surface area contributed by atoms with Crippen LogP contribution in [0, 0.1) is 0 Å². The molecule has 0 radical (unpaired) electrons. The van der Waals surface area contributed by atoms with Crippen molar-refractivity contribution in [2.75, 3.05) is 32.8 Å². The van der Waals surface area contributed by atoms with Crippen molar-refractivity contribution in [2.24, 2.45) is 0 Å². The molecule has 2 aromatic rings. The van der Waals surface area contributed by atoms with E-state index in [1.54, 1.807) is 39.5 Å². The first-order valence-electron chi connectivity index (χ1n) is 15.1. The van der Waals surface area contributed by atoms with Gasteiger partial charge in [-0.25, -0.2) is 19.2 Å². The Morgan fingerprint density at radius 3 is 1.61 bits per heavy atom. The van der Waals surface area contributed by atoms with Gasteiger partial charge in [0.15, 0.2) is 0 Å². The number of carbonyl (C=O) groups is 4. The van der Waals surface area contributed by atoms with Crippen LogP contribution in [0.15, 0.2) is 22.9 Å². The quantitative estimate of drug-likeness (QED) is 0.259. The zero-order valence-electron chi connectivity index (χ0n) is 26.8. The second kappa shape index (κ2) is 15.2. The Morgan fingerprint density at radius 2 is 1.23 bits per heavy atom. The molecule has 2 aliphatic heterocycles. The first-order chi connectivity index (χ1) is 20.6. The first kappa shape index (κ1) is 35.4. The van der Waals surface area contributed by atoms with E-state index >= 15 is 0 Å². The van der Waals surface area contributed by atoms with Crippen molar-refractivity contribution >= 4 is 46.8 Å². The third-order valence-electron chi connectivity index (χ3n) is 6.95. The van der Waals surface area contributed by atoms with Crippen LogP contribution in [0.1, 0.15) is 116 Å². The highest BCUT2D eigenvalue weighted by atomic mass is 32.1. The number of rotatable bonds is 5. The highest BCUT2D eigenvalue weighted by Crippen LogP contribution is 2.33. The van der Waals surface area contributed by atoms with E-state index in [4.69, 9.17) is 19.3 Å². The third kappa shape index (κ3) is 10.8. The summed E-state index contributed by atoms with van der Waals surface area (Å²) in [5, 5.41) is 12.5. The second-order valence-electron chi connectivity index (χ2n) is 13.0. The maximum atomic E-state index is 12.2. The van der Waals surface area contributed by atoms with Crippen LogP contribution in [0.25, 0.3) is 0 Å². The van der Waals surface area contributed by atoms with E-state index in [1.165, 1.54) is 11.3 Å². The predicted molar refractivity (Wildman–Crippen MR) is 171 cm³/mol. The van der Waals surface area contributed by atoms with Crippen molar-refractivity contribution in [1.29, 1.82) is 0 Å². The van der Waals surface area contributed by atoms with Gasteiger partial charge in [0.1, 0.15) is 11.2 Å². The molecule has 2 fully saturated rings. The lowest BCUT2D eigenvalue weighted by atomic mass is 9.96. The van der Waals surface area contributed by atoms with E-state index in [1.807, 2.05) is 53.0 Å². The molecule has 244 valence electrons. The average Bonchev–Trinajstić information content (AvgIpc) is 3.63. The Bertz CT molecular complexity index is 1290. The maximum Gasteiger partial charge on any atom is 0.410 e. The van der Waals surface area contributed by atoms with E-state index in [2.05, 4.69) is 0 Å². The van der Waals surface area contributed by atoms with Crippen LogP contribution in [0.3, 0.4) is 0 Å². The number of likely N-dealkylation sites (tertiary alicyclic amines) is 2. The van der Waals surface area contributed by atoms with Gasteiger partial charge in [0.2, 0.25) is 0 Å². The van der Waals surface area contributed by atoms with Crippen LogP contribution in [-0.2, 0) is 14.2 Å². The van der Waals surface area contributed by atoms with Crippen molar-refractivity contribution < 1.29 is 38.5 Å². The fraction of sp³-hybridized carbons (Fsp3) is 0.625. The molecule has 2 atom stereocenters. The smallest absolute Gasteiger partial charge is 0.410 e. The van der Waals surface area contributed by atoms with E-state index < -0.39 is 17.2 Å². The molecule has 44 heavy (non-hydrogen) atoms. The van der Waals surface area contributed by atoms with Crippen LogP contribution in [0.4, 0.5) is 9.59 Å². The number of piperidine rings is 2. The van der Waals surface area contributed by atoms with Gasteiger partial charge in [-0.05, 0) is 86.3 Å². The largest absolute Gasteiger partial charge is 0.478 e. The summed E-state index contributed by atoms with van der Waals surface area (Å²) >= 11 is 3.01. The summed E-state index contributed by atoms with van der Waals surface area (Å²) in [5.41, 5.74) is -0.0568. The van der Waals surface area contributed by atoms with E-state index in [-0.39, 0.29) is 30.0 Å². The molecular formula is C32H46N2O8S2. The van der Waals surface area contributed by atoms with Crippen LogP contribution >= 0.6 is 22.7 Å². The monoisotopic (exact) mass is 650 g/mol. The molecule has 12 heteroatoms. The summed E-state index contributed by atoms with van der Waals surface area (Å²) in [6.45, 7) is 16.0. The third-order valence-corrected chi connectivity index (χ3v) is 9.14. The molecule has 2 saturated heterocycles. The van der Waals surface area contributed by atoms with Crippen LogP contribution in [0.5, 0.6) is 0 Å². The molecule has 2 aliphatic rings. The number of ether oxygens (including phenoxy) is 3. The topological polar surface area (TPSA) is 123 Å². The van der Waals surface area contributed by atoms with Gasteiger partial charge in [-0.3, -0.25) is 0 Å². The van der Waals surface area contributed by atoms with Gasteiger partial charge in [-0.15, -0.1) is 22.7 Å². The van der Waals surface area contributed by atoms with Gasteiger partial charge in [-0.2, -0.15) is 0 Å². The minimum absolute atomic E-state index is 0.198. The van der Waals surface area contributed by atoms with Crippen LogP contribution in [0.2, 0.25) is 0 Å². The lowest BCUT2D eigenvalue weighted by molar-refractivity contribution is 0.0189. The molecule has 2 amide bonds. The number of esters is 1. The van der Waals surface area contributed by atoms with E-state index in [9.17, 15) is 19.2 Å². The lowest BCUT2D eigenvalue weighted by Gasteiger charge is -2.33. The summed E-state index contributed by atoms with van der Waals surface area (Å²) in [5.74, 6) is -0.735. The Balaban J connectivity index is 0.000000241. The standard InChI is InChI=1S/C17H25NO4S.C15H21NO4S/c1-5-21-15(19)13-9-14(23-11-13)12-7-6-8-18(10-12)16(20)22-17(2,3)4;1-15(2,3)20-14(19)16-6-4-5-10(8-16)12-7-11(9-21-12)13(17)18/h9,11-12H,5-8,10H2,1-4H3;7,9-10H,4-6,8H2,1-3H3,(H,17,18). The Hall–Kier alpha value is -3.12. The fourth-order valence-corrected chi connectivity index (χ4v) is 6.99.